The monoisotopic (exact) mass is 173 g/mol. The Balaban J connectivity index is 2.59. The van der Waals surface area contributed by atoms with Crippen molar-refractivity contribution in [2.45, 2.75) is 6.92 Å². The quantitative estimate of drug-likeness (QED) is 0.720. The minimum atomic E-state index is 0.689. The molecule has 0 aliphatic carbocycles. The highest BCUT2D eigenvalue weighted by Gasteiger charge is 2.06. The lowest BCUT2D eigenvalue weighted by molar-refractivity contribution is 0.569. The molecular weight excluding hydrogens is 162 g/mol. The van der Waals surface area contributed by atoms with Crippen LogP contribution in [0.2, 0.25) is 0 Å². The molecule has 0 aliphatic rings. The predicted molar refractivity (Wildman–Crippen MR) is 53.3 cm³/mol. The van der Waals surface area contributed by atoms with Gasteiger partial charge in [0.2, 0.25) is 0 Å². The fourth-order valence-corrected chi connectivity index (χ4v) is 1.40. The Bertz CT molecular complexity index is 418. The fourth-order valence-electron chi connectivity index (χ4n) is 1.40. The summed E-state index contributed by atoms with van der Waals surface area (Å²) in [5.74, 6) is 0. The van der Waals surface area contributed by atoms with Crippen molar-refractivity contribution in [2.24, 2.45) is 0 Å². The Hall–Kier alpha value is -1.70. The van der Waals surface area contributed by atoms with Crippen molar-refractivity contribution < 1.29 is 4.42 Å². The van der Waals surface area contributed by atoms with Crippen molar-refractivity contribution in [1.29, 1.82) is 0 Å². The number of furan rings is 1. The SMILES string of the molecule is Cc1ccccc1-c1cocc1N. The summed E-state index contributed by atoms with van der Waals surface area (Å²) in [6.07, 6.45) is 3.24. The molecule has 0 atom stereocenters. The molecule has 1 aromatic heterocycles. The maximum Gasteiger partial charge on any atom is 0.114 e. The van der Waals surface area contributed by atoms with Crippen LogP contribution in [0, 0.1) is 6.92 Å². The number of hydrogen-bond donors (Lipinski definition) is 1. The van der Waals surface area contributed by atoms with Gasteiger partial charge in [-0.3, -0.25) is 0 Å². The molecule has 2 aromatic rings. The summed E-state index contributed by atoms with van der Waals surface area (Å²) in [5, 5.41) is 0. The molecule has 1 aromatic carbocycles. The average Bonchev–Trinajstić information content (AvgIpc) is 2.52. The molecule has 0 aliphatic heterocycles. The number of anilines is 1. The Kier molecular flexibility index (Phi) is 1.81. The molecule has 66 valence electrons. The summed E-state index contributed by atoms with van der Waals surface area (Å²) in [5.41, 5.74) is 9.74. The zero-order chi connectivity index (χ0) is 9.26. The fraction of sp³-hybridized carbons (Fsp3) is 0.0909. The van der Waals surface area contributed by atoms with Gasteiger partial charge in [0.25, 0.3) is 0 Å². The minimum Gasteiger partial charge on any atom is -0.470 e. The highest BCUT2D eigenvalue weighted by Crippen LogP contribution is 2.28. The predicted octanol–water partition coefficient (Wildman–Crippen LogP) is 2.84. The van der Waals surface area contributed by atoms with E-state index in [0.29, 0.717) is 5.69 Å². The van der Waals surface area contributed by atoms with Gasteiger partial charge in [0, 0.05) is 5.56 Å². The van der Waals surface area contributed by atoms with Crippen molar-refractivity contribution in [3.63, 3.8) is 0 Å². The van der Waals surface area contributed by atoms with Gasteiger partial charge in [0.15, 0.2) is 0 Å². The van der Waals surface area contributed by atoms with E-state index in [2.05, 4.69) is 13.0 Å². The van der Waals surface area contributed by atoms with Gasteiger partial charge in [0.1, 0.15) is 12.5 Å². The molecule has 0 unspecified atom stereocenters. The zero-order valence-corrected chi connectivity index (χ0v) is 7.45. The van der Waals surface area contributed by atoms with Gasteiger partial charge in [-0.2, -0.15) is 0 Å². The normalized spacial score (nSPS) is 10.2. The lowest BCUT2D eigenvalue weighted by Gasteiger charge is -2.02. The van der Waals surface area contributed by atoms with E-state index >= 15 is 0 Å². The van der Waals surface area contributed by atoms with E-state index in [-0.39, 0.29) is 0 Å². The van der Waals surface area contributed by atoms with E-state index in [1.54, 1.807) is 12.5 Å². The van der Waals surface area contributed by atoms with E-state index in [0.717, 1.165) is 11.1 Å². The standard InChI is InChI=1S/C11H11NO/c1-8-4-2-3-5-9(8)10-6-13-7-11(10)12/h2-7H,12H2,1H3. The summed E-state index contributed by atoms with van der Waals surface area (Å²) in [6.45, 7) is 2.06. The van der Waals surface area contributed by atoms with Crippen LogP contribution in [0.1, 0.15) is 5.56 Å². The van der Waals surface area contributed by atoms with E-state index in [4.69, 9.17) is 10.2 Å². The van der Waals surface area contributed by atoms with Gasteiger partial charge in [-0.1, -0.05) is 24.3 Å². The van der Waals surface area contributed by atoms with Crippen LogP contribution in [0.15, 0.2) is 41.2 Å². The van der Waals surface area contributed by atoms with Crippen LogP contribution >= 0.6 is 0 Å². The second-order valence-electron chi connectivity index (χ2n) is 3.06. The van der Waals surface area contributed by atoms with Gasteiger partial charge in [-0.15, -0.1) is 0 Å². The van der Waals surface area contributed by atoms with Crippen molar-refractivity contribution in [1.82, 2.24) is 0 Å². The first-order chi connectivity index (χ1) is 6.29. The average molecular weight is 173 g/mol. The third kappa shape index (κ3) is 1.31. The van der Waals surface area contributed by atoms with Crippen LogP contribution in [0.4, 0.5) is 5.69 Å². The Labute approximate surface area is 77.0 Å². The molecule has 2 heteroatoms. The topological polar surface area (TPSA) is 39.2 Å². The molecule has 13 heavy (non-hydrogen) atoms. The summed E-state index contributed by atoms with van der Waals surface area (Å²) in [7, 11) is 0. The van der Waals surface area contributed by atoms with Gasteiger partial charge < -0.3 is 10.2 Å². The molecule has 2 rings (SSSR count). The molecule has 0 saturated heterocycles. The van der Waals surface area contributed by atoms with E-state index < -0.39 is 0 Å². The van der Waals surface area contributed by atoms with Crippen molar-refractivity contribution in [2.75, 3.05) is 5.73 Å². The van der Waals surface area contributed by atoms with Crippen LogP contribution in [0.25, 0.3) is 11.1 Å². The first-order valence-corrected chi connectivity index (χ1v) is 4.16. The Morgan fingerprint density at radius 3 is 2.46 bits per heavy atom. The maximum atomic E-state index is 5.75. The van der Waals surface area contributed by atoms with Crippen molar-refractivity contribution >= 4 is 5.69 Å². The summed E-state index contributed by atoms with van der Waals surface area (Å²) in [4.78, 5) is 0. The highest BCUT2D eigenvalue weighted by atomic mass is 16.3. The first kappa shape index (κ1) is 7.92. The van der Waals surface area contributed by atoms with Crippen LogP contribution in [-0.2, 0) is 0 Å². The van der Waals surface area contributed by atoms with Gasteiger partial charge >= 0.3 is 0 Å². The van der Waals surface area contributed by atoms with Crippen LogP contribution in [-0.4, -0.2) is 0 Å². The van der Waals surface area contributed by atoms with Crippen molar-refractivity contribution in [3.8, 4) is 11.1 Å². The second-order valence-corrected chi connectivity index (χ2v) is 3.06. The summed E-state index contributed by atoms with van der Waals surface area (Å²) < 4.78 is 5.03. The van der Waals surface area contributed by atoms with Gasteiger partial charge in [0.05, 0.1) is 5.69 Å². The largest absolute Gasteiger partial charge is 0.470 e. The third-order valence-corrected chi connectivity index (χ3v) is 2.13. The van der Waals surface area contributed by atoms with Crippen molar-refractivity contribution in [3.05, 3.63) is 42.4 Å². The number of nitrogens with two attached hydrogens (primary N) is 1. The lowest BCUT2D eigenvalue weighted by Crippen LogP contribution is -1.86. The lowest BCUT2D eigenvalue weighted by atomic mass is 10.0. The first-order valence-electron chi connectivity index (χ1n) is 4.16. The van der Waals surface area contributed by atoms with Crippen LogP contribution in [0.5, 0.6) is 0 Å². The minimum absolute atomic E-state index is 0.689. The summed E-state index contributed by atoms with van der Waals surface area (Å²) >= 11 is 0. The maximum absolute atomic E-state index is 5.75. The molecule has 0 spiro atoms. The molecule has 2 N–H and O–H groups in total. The van der Waals surface area contributed by atoms with Crippen LogP contribution < -0.4 is 5.73 Å². The van der Waals surface area contributed by atoms with E-state index in [1.807, 2.05) is 18.2 Å². The van der Waals surface area contributed by atoms with Gasteiger partial charge in [-0.05, 0) is 18.1 Å². The molecule has 1 heterocycles. The highest BCUT2D eigenvalue weighted by molar-refractivity contribution is 5.76. The van der Waals surface area contributed by atoms with E-state index in [9.17, 15) is 0 Å². The number of rotatable bonds is 1. The molecule has 0 saturated carbocycles. The third-order valence-electron chi connectivity index (χ3n) is 2.13. The molecule has 0 bridgehead atoms. The smallest absolute Gasteiger partial charge is 0.114 e. The second kappa shape index (κ2) is 2.98. The number of benzene rings is 1. The number of aryl methyl sites for hydroxylation is 1. The molecular formula is C11H11NO. The number of hydrogen-bond acceptors (Lipinski definition) is 2. The zero-order valence-electron chi connectivity index (χ0n) is 7.45. The Morgan fingerprint density at radius 2 is 1.85 bits per heavy atom. The van der Waals surface area contributed by atoms with Gasteiger partial charge in [-0.25, -0.2) is 0 Å². The van der Waals surface area contributed by atoms with Crippen LogP contribution in [0.3, 0.4) is 0 Å². The molecule has 2 nitrogen and oxygen atoms in total. The molecule has 0 amide bonds. The molecule has 0 fully saturated rings. The number of nitrogen functional groups attached to an aromatic ring is 1. The molecule has 0 radical (unpaired) electrons. The Morgan fingerprint density at radius 1 is 1.08 bits per heavy atom. The van der Waals surface area contributed by atoms with E-state index in [1.165, 1.54) is 5.56 Å². The summed E-state index contributed by atoms with van der Waals surface area (Å²) in [6, 6.07) is 8.10.